The minimum absolute atomic E-state index is 0.432. The third-order valence-electron chi connectivity index (χ3n) is 2.68. The van der Waals surface area contributed by atoms with Crippen LogP contribution in [0.2, 0.25) is 0 Å². The van der Waals surface area contributed by atoms with E-state index in [1.54, 1.807) is 25.6 Å². The summed E-state index contributed by atoms with van der Waals surface area (Å²) in [5, 5.41) is 3.14. The van der Waals surface area contributed by atoms with Crippen LogP contribution in [0.1, 0.15) is 18.7 Å². The van der Waals surface area contributed by atoms with E-state index in [4.69, 9.17) is 15.2 Å². The van der Waals surface area contributed by atoms with Crippen molar-refractivity contribution >= 4 is 5.69 Å². The van der Waals surface area contributed by atoms with Crippen LogP contribution in [0, 0.1) is 0 Å². The molecule has 0 aliphatic carbocycles. The van der Waals surface area contributed by atoms with Crippen molar-refractivity contribution < 1.29 is 9.47 Å². The van der Waals surface area contributed by atoms with Gasteiger partial charge in [-0.05, 0) is 25.1 Å². The molecule has 0 radical (unpaired) electrons. The van der Waals surface area contributed by atoms with Gasteiger partial charge in [-0.3, -0.25) is 0 Å². The number of anilines is 1. The molecule has 106 valence electrons. The summed E-state index contributed by atoms with van der Waals surface area (Å²) in [6.07, 6.45) is 2.90. The zero-order valence-electron chi connectivity index (χ0n) is 11.5. The number of nitrogens with two attached hydrogens (primary N) is 1. The van der Waals surface area contributed by atoms with Crippen molar-refractivity contribution in [2.75, 3.05) is 19.0 Å². The highest BCUT2D eigenvalue weighted by Crippen LogP contribution is 2.22. The molecule has 0 aliphatic rings. The lowest BCUT2D eigenvalue weighted by atomic mass is 10.2. The first kappa shape index (κ1) is 14.1. The Bertz CT molecular complexity index is 545. The Kier molecular flexibility index (Phi) is 4.73. The molecule has 2 aromatic rings. The predicted octanol–water partition coefficient (Wildman–Crippen LogP) is 1.95. The maximum Gasteiger partial charge on any atom is 0.219 e. The van der Waals surface area contributed by atoms with Gasteiger partial charge in [-0.2, -0.15) is 0 Å². The Labute approximate surface area is 118 Å². The molecule has 2 heterocycles. The first-order chi connectivity index (χ1) is 9.74. The van der Waals surface area contributed by atoms with Gasteiger partial charge in [0.1, 0.15) is 6.17 Å². The molecule has 0 fully saturated rings. The number of methoxy groups -OCH3 is 1. The Morgan fingerprint density at radius 3 is 2.80 bits per heavy atom. The van der Waals surface area contributed by atoms with Gasteiger partial charge in [-0.1, -0.05) is 0 Å². The molecule has 3 N–H and O–H groups in total. The van der Waals surface area contributed by atoms with Crippen molar-refractivity contribution in [2.24, 2.45) is 5.73 Å². The van der Waals surface area contributed by atoms with Crippen LogP contribution in [0.3, 0.4) is 0 Å². The van der Waals surface area contributed by atoms with Gasteiger partial charge in [0, 0.05) is 12.3 Å². The number of hydrogen-bond donors (Lipinski definition) is 2. The lowest BCUT2D eigenvalue weighted by Crippen LogP contribution is -2.21. The van der Waals surface area contributed by atoms with Crippen LogP contribution in [0.25, 0.3) is 0 Å². The van der Waals surface area contributed by atoms with E-state index in [9.17, 15) is 0 Å². The summed E-state index contributed by atoms with van der Waals surface area (Å²) in [6.45, 7) is 2.50. The fraction of sp³-hybridized carbons (Fsp3) is 0.286. The van der Waals surface area contributed by atoms with Gasteiger partial charge in [0.15, 0.2) is 0 Å². The molecule has 0 spiro atoms. The standard InChI is InChI=1S/C14H18N4O2/c1-3-20-12-7-6-10(9-17-12)18-13(15)11-5-4-8-16-14(11)19-2/h4-9,13,18H,3,15H2,1-2H3. The normalized spacial score (nSPS) is 11.8. The van der Waals surface area contributed by atoms with Crippen LogP contribution in [0.15, 0.2) is 36.7 Å². The number of nitrogens with zero attached hydrogens (tertiary/aromatic N) is 2. The van der Waals surface area contributed by atoms with Crippen molar-refractivity contribution in [1.82, 2.24) is 9.97 Å². The van der Waals surface area contributed by atoms with E-state index in [0.29, 0.717) is 18.4 Å². The Hall–Kier alpha value is -2.34. The molecule has 0 saturated carbocycles. The van der Waals surface area contributed by atoms with E-state index >= 15 is 0 Å². The number of ether oxygens (including phenoxy) is 2. The second kappa shape index (κ2) is 6.72. The maximum absolute atomic E-state index is 6.11. The average molecular weight is 274 g/mol. The van der Waals surface area contributed by atoms with E-state index in [-0.39, 0.29) is 0 Å². The predicted molar refractivity (Wildman–Crippen MR) is 76.7 cm³/mol. The zero-order valence-corrected chi connectivity index (χ0v) is 11.5. The minimum atomic E-state index is -0.432. The molecule has 0 bridgehead atoms. The van der Waals surface area contributed by atoms with Crippen molar-refractivity contribution in [3.8, 4) is 11.8 Å². The third-order valence-corrected chi connectivity index (χ3v) is 2.68. The van der Waals surface area contributed by atoms with Gasteiger partial charge in [0.2, 0.25) is 11.8 Å². The number of aromatic nitrogens is 2. The van der Waals surface area contributed by atoms with E-state index in [1.807, 2.05) is 25.1 Å². The molecule has 2 aromatic heterocycles. The second-order valence-electron chi connectivity index (χ2n) is 4.04. The Morgan fingerprint density at radius 2 is 2.15 bits per heavy atom. The smallest absolute Gasteiger partial charge is 0.219 e. The lowest BCUT2D eigenvalue weighted by Gasteiger charge is -2.17. The quantitative estimate of drug-likeness (QED) is 0.783. The van der Waals surface area contributed by atoms with Crippen molar-refractivity contribution in [3.05, 3.63) is 42.2 Å². The highest BCUT2D eigenvalue weighted by Gasteiger charge is 2.12. The summed E-state index contributed by atoms with van der Waals surface area (Å²) in [4.78, 5) is 8.29. The molecular weight excluding hydrogens is 256 g/mol. The van der Waals surface area contributed by atoms with Gasteiger partial charge in [-0.15, -0.1) is 0 Å². The molecule has 6 heteroatoms. The average Bonchev–Trinajstić information content (AvgIpc) is 2.49. The van der Waals surface area contributed by atoms with Crippen LogP contribution >= 0.6 is 0 Å². The highest BCUT2D eigenvalue weighted by molar-refractivity contribution is 5.45. The Morgan fingerprint density at radius 1 is 1.30 bits per heavy atom. The monoisotopic (exact) mass is 274 g/mol. The molecule has 1 unspecified atom stereocenters. The van der Waals surface area contributed by atoms with Crippen molar-refractivity contribution in [2.45, 2.75) is 13.1 Å². The van der Waals surface area contributed by atoms with Gasteiger partial charge >= 0.3 is 0 Å². The number of hydrogen-bond acceptors (Lipinski definition) is 6. The summed E-state index contributed by atoms with van der Waals surface area (Å²) < 4.78 is 10.5. The van der Waals surface area contributed by atoms with Gasteiger partial charge in [-0.25, -0.2) is 9.97 Å². The first-order valence-corrected chi connectivity index (χ1v) is 6.34. The molecule has 20 heavy (non-hydrogen) atoms. The van der Waals surface area contributed by atoms with Gasteiger partial charge < -0.3 is 20.5 Å². The van der Waals surface area contributed by atoms with E-state index in [1.165, 1.54) is 0 Å². The summed E-state index contributed by atoms with van der Waals surface area (Å²) in [5.74, 6) is 1.09. The second-order valence-corrected chi connectivity index (χ2v) is 4.04. The maximum atomic E-state index is 6.11. The topological polar surface area (TPSA) is 82.3 Å². The fourth-order valence-electron chi connectivity index (χ4n) is 1.77. The largest absolute Gasteiger partial charge is 0.481 e. The molecule has 0 aliphatic heterocycles. The highest BCUT2D eigenvalue weighted by atomic mass is 16.5. The van der Waals surface area contributed by atoms with Crippen molar-refractivity contribution in [3.63, 3.8) is 0 Å². The Balaban J connectivity index is 2.08. The van der Waals surface area contributed by atoms with E-state index < -0.39 is 6.17 Å². The van der Waals surface area contributed by atoms with Crippen LogP contribution < -0.4 is 20.5 Å². The van der Waals surface area contributed by atoms with Crippen LogP contribution in [0.5, 0.6) is 11.8 Å². The van der Waals surface area contributed by atoms with Gasteiger partial charge in [0.25, 0.3) is 0 Å². The molecule has 0 aromatic carbocycles. The summed E-state index contributed by atoms with van der Waals surface area (Å²) in [6, 6.07) is 7.33. The molecule has 6 nitrogen and oxygen atoms in total. The number of nitrogens with one attached hydrogen (secondary N) is 1. The van der Waals surface area contributed by atoms with Crippen LogP contribution in [0.4, 0.5) is 5.69 Å². The summed E-state index contributed by atoms with van der Waals surface area (Å²) in [7, 11) is 1.57. The van der Waals surface area contributed by atoms with Crippen LogP contribution in [-0.4, -0.2) is 23.7 Å². The SMILES string of the molecule is CCOc1ccc(NC(N)c2cccnc2OC)cn1. The van der Waals surface area contributed by atoms with Gasteiger partial charge in [0.05, 0.1) is 31.2 Å². The first-order valence-electron chi connectivity index (χ1n) is 6.34. The van der Waals surface area contributed by atoms with E-state index in [0.717, 1.165) is 11.3 Å². The molecule has 1 atom stereocenters. The zero-order chi connectivity index (χ0) is 14.4. The molecule has 0 saturated heterocycles. The van der Waals surface area contributed by atoms with Crippen molar-refractivity contribution in [1.29, 1.82) is 0 Å². The summed E-state index contributed by atoms with van der Waals surface area (Å²) in [5.41, 5.74) is 7.69. The fourth-order valence-corrected chi connectivity index (χ4v) is 1.77. The number of rotatable bonds is 6. The van der Waals surface area contributed by atoms with E-state index in [2.05, 4.69) is 15.3 Å². The molecular formula is C14H18N4O2. The third kappa shape index (κ3) is 3.36. The van der Waals surface area contributed by atoms with Crippen LogP contribution in [-0.2, 0) is 0 Å². The minimum Gasteiger partial charge on any atom is -0.481 e. The molecule has 0 amide bonds. The number of pyridine rings is 2. The lowest BCUT2D eigenvalue weighted by molar-refractivity contribution is 0.327. The molecule has 2 rings (SSSR count). The summed E-state index contributed by atoms with van der Waals surface area (Å²) >= 11 is 0.